The summed E-state index contributed by atoms with van der Waals surface area (Å²) in [5, 5.41) is 8.88. The summed E-state index contributed by atoms with van der Waals surface area (Å²) < 4.78 is 12.3. The van der Waals surface area contributed by atoms with Crippen LogP contribution in [-0.4, -0.2) is 16.0 Å². The second-order valence-corrected chi connectivity index (χ2v) is 1.87. The van der Waals surface area contributed by atoms with Crippen LogP contribution in [0.25, 0.3) is 0 Å². The Morgan fingerprint density at radius 2 is 2.27 bits per heavy atom. The Hall–Kier alpha value is -1.65. The van der Waals surface area contributed by atoms with Gasteiger partial charge in [0.2, 0.25) is 5.95 Å². The predicted molar refractivity (Wildman–Crippen MR) is 34.4 cm³/mol. The first-order valence-electron chi connectivity index (χ1n) is 2.76. The number of carbonyl (C=O) groups excluding carboxylic acids is 1. The molecule has 0 saturated heterocycles. The number of rotatable bonds is 1. The maximum atomic E-state index is 12.3. The largest absolute Gasteiger partial charge is 0.505 e. The molecule has 11 heavy (non-hydrogen) atoms. The molecule has 5 heteroatoms. The van der Waals surface area contributed by atoms with Crippen LogP contribution in [0.15, 0.2) is 12.1 Å². The minimum atomic E-state index is -0.956. The van der Waals surface area contributed by atoms with Gasteiger partial charge in [0.05, 0.1) is 0 Å². The average Bonchev–Trinajstić information content (AvgIpc) is 1.94. The van der Waals surface area contributed by atoms with Crippen LogP contribution in [-0.2, 0) is 0 Å². The van der Waals surface area contributed by atoms with Crippen LogP contribution in [0.3, 0.4) is 0 Å². The van der Waals surface area contributed by atoms with Crippen molar-refractivity contribution < 1.29 is 14.3 Å². The lowest BCUT2D eigenvalue weighted by Crippen LogP contribution is -2.13. The van der Waals surface area contributed by atoms with Crippen LogP contribution in [0.5, 0.6) is 5.75 Å². The molecule has 58 valence electrons. The maximum absolute atomic E-state index is 12.3. The molecule has 0 bridgehead atoms. The minimum absolute atomic E-state index is 0.418. The zero-order valence-corrected chi connectivity index (χ0v) is 5.41. The van der Waals surface area contributed by atoms with E-state index < -0.39 is 23.3 Å². The second-order valence-electron chi connectivity index (χ2n) is 1.87. The zero-order chi connectivity index (χ0) is 8.43. The van der Waals surface area contributed by atoms with Crippen LogP contribution in [0.4, 0.5) is 4.39 Å². The number of nitrogens with zero attached hydrogens (tertiary/aromatic N) is 1. The number of pyridine rings is 1. The fourth-order valence-electron chi connectivity index (χ4n) is 0.609. The summed E-state index contributed by atoms with van der Waals surface area (Å²) in [5.41, 5.74) is 4.30. The number of halogens is 1. The highest BCUT2D eigenvalue weighted by atomic mass is 19.1. The molecule has 1 amide bonds. The van der Waals surface area contributed by atoms with Gasteiger partial charge in [0.25, 0.3) is 5.91 Å². The molecule has 0 aliphatic heterocycles. The highest BCUT2D eigenvalue weighted by molar-refractivity contribution is 5.93. The van der Waals surface area contributed by atoms with Gasteiger partial charge >= 0.3 is 0 Å². The van der Waals surface area contributed by atoms with Gasteiger partial charge in [-0.15, -0.1) is 0 Å². The normalized spacial score (nSPS) is 9.55. The van der Waals surface area contributed by atoms with Gasteiger partial charge in [-0.1, -0.05) is 0 Å². The van der Waals surface area contributed by atoms with E-state index in [0.29, 0.717) is 0 Å². The fourth-order valence-corrected chi connectivity index (χ4v) is 0.609. The molecule has 3 N–H and O–H groups in total. The standard InChI is InChI=1S/C6H5FN2O2/c7-4-2-1-3(10)5(9-4)6(8)11/h1-2,10H,(H2,8,11). The third-order valence-corrected chi connectivity index (χ3v) is 1.07. The van der Waals surface area contributed by atoms with E-state index in [1.54, 1.807) is 0 Å². The van der Waals surface area contributed by atoms with Crippen LogP contribution < -0.4 is 5.73 Å². The van der Waals surface area contributed by atoms with Crippen LogP contribution in [0, 0.1) is 5.95 Å². The van der Waals surface area contributed by atoms with Crippen LogP contribution in [0.1, 0.15) is 10.5 Å². The summed E-state index contributed by atoms with van der Waals surface area (Å²) in [5.74, 6) is -2.22. The molecule has 0 unspecified atom stereocenters. The molecule has 0 aliphatic carbocycles. The molecule has 0 aliphatic rings. The Labute approximate surface area is 61.5 Å². The van der Waals surface area contributed by atoms with Gasteiger partial charge in [-0.3, -0.25) is 4.79 Å². The summed E-state index contributed by atoms with van der Waals surface area (Å²) in [6.07, 6.45) is 0. The van der Waals surface area contributed by atoms with Crippen LogP contribution >= 0.6 is 0 Å². The van der Waals surface area contributed by atoms with Crippen molar-refractivity contribution in [2.24, 2.45) is 5.73 Å². The monoisotopic (exact) mass is 156 g/mol. The Kier molecular flexibility index (Phi) is 1.72. The smallest absolute Gasteiger partial charge is 0.271 e. The Bertz CT molecular complexity index is 301. The van der Waals surface area contributed by atoms with Gasteiger partial charge in [0.15, 0.2) is 5.69 Å². The predicted octanol–water partition coefficient (Wildman–Crippen LogP) is 0.0252. The van der Waals surface area contributed by atoms with Crippen molar-refractivity contribution in [2.45, 2.75) is 0 Å². The molecule has 4 nitrogen and oxygen atoms in total. The lowest BCUT2D eigenvalue weighted by Gasteiger charge is -1.96. The van der Waals surface area contributed by atoms with Gasteiger partial charge in [-0.25, -0.2) is 4.98 Å². The van der Waals surface area contributed by atoms with E-state index in [1.165, 1.54) is 0 Å². The molecule has 1 rings (SSSR count). The van der Waals surface area contributed by atoms with E-state index in [2.05, 4.69) is 4.98 Å². The number of amides is 1. The quantitative estimate of drug-likeness (QED) is 0.563. The van der Waals surface area contributed by atoms with E-state index >= 15 is 0 Å². The van der Waals surface area contributed by atoms with Crippen molar-refractivity contribution in [1.29, 1.82) is 0 Å². The summed E-state index contributed by atoms with van der Waals surface area (Å²) in [4.78, 5) is 13.5. The number of primary amides is 1. The van der Waals surface area contributed by atoms with Gasteiger partial charge in [-0.2, -0.15) is 4.39 Å². The molecule has 0 radical (unpaired) electrons. The summed E-state index contributed by atoms with van der Waals surface area (Å²) >= 11 is 0. The number of aromatic nitrogens is 1. The lowest BCUT2D eigenvalue weighted by molar-refractivity contribution is 0.0991. The SMILES string of the molecule is NC(=O)c1nc(F)ccc1O. The summed E-state index contributed by atoms with van der Waals surface area (Å²) in [7, 11) is 0. The van der Waals surface area contributed by atoms with Gasteiger partial charge in [0, 0.05) is 0 Å². The van der Waals surface area contributed by atoms with Crippen molar-refractivity contribution >= 4 is 5.91 Å². The first-order valence-corrected chi connectivity index (χ1v) is 2.76. The van der Waals surface area contributed by atoms with Gasteiger partial charge in [-0.05, 0) is 12.1 Å². The molecule has 0 saturated carbocycles. The van der Waals surface area contributed by atoms with Crippen molar-refractivity contribution in [2.75, 3.05) is 0 Å². The summed E-state index contributed by atoms with van der Waals surface area (Å²) in [6.45, 7) is 0. The molecule has 0 spiro atoms. The Balaban J connectivity index is 3.23. The van der Waals surface area contributed by atoms with Gasteiger partial charge in [0.1, 0.15) is 5.75 Å². The molecule has 1 aromatic heterocycles. The van der Waals surface area contributed by atoms with Gasteiger partial charge < -0.3 is 10.8 Å². The van der Waals surface area contributed by atoms with Crippen molar-refractivity contribution in [3.05, 3.63) is 23.8 Å². The molecule has 0 fully saturated rings. The van der Waals surface area contributed by atoms with E-state index in [4.69, 9.17) is 10.8 Å². The van der Waals surface area contributed by atoms with Crippen molar-refractivity contribution in [1.82, 2.24) is 4.98 Å². The molecule has 1 heterocycles. The third kappa shape index (κ3) is 1.43. The van der Waals surface area contributed by atoms with Crippen molar-refractivity contribution in [3.8, 4) is 5.75 Å². The number of hydrogen-bond acceptors (Lipinski definition) is 3. The van der Waals surface area contributed by atoms with E-state index in [-0.39, 0.29) is 0 Å². The zero-order valence-electron chi connectivity index (χ0n) is 5.41. The first-order chi connectivity index (χ1) is 5.11. The number of hydrogen-bond donors (Lipinski definition) is 2. The Morgan fingerprint density at radius 3 is 2.73 bits per heavy atom. The molecule has 0 atom stereocenters. The number of aromatic hydroxyl groups is 1. The number of nitrogens with two attached hydrogens (primary N) is 1. The maximum Gasteiger partial charge on any atom is 0.271 e. The Morgan fingerprint density at radius 1 is 1.64 bits per heavy atom. The van der Waals surface area contributed by atoms with E-state index in [9.17, 15) is 9.18 Å². The number of carbonyl (C=O) groups is 1. The minimum Gasteiger partial charge on any atom is -0.505 e. The summed E-state index contributed by atoms with van der Waals surface area (Å²) in [6, 6.07) is 1.95. The first kappa shape index (κ1) is 7.46. The van der Waals surface area contributed by atoms with E-state index in [0.717, 1.165) is 12.1 Å². The topological polar surface area (TPSA) is 76.2 Å². The highest BCUT2D eigenvalue weighted by Gasteiger charge is 2.09. The van der Waals surface area contributed by atoms with E-state index in [1.807, 2.05) is 0 Å². The second kappa shape index (κ2) is 2.53. The highest BCUT2D eigenvalue weighted by Crippen LogP contribution is 2.12. The molecular formula is C6H5FN2O2. The third-order valence-electron chi connectivity index (χ3n) is 1.07. The molecule has 1 aromatic rings. The van der Waals surface area contributed by atoms with Crippen LogP contribution in [0.2, 0.25) is 0 Å². The lowest BCUT2D eigenvalue weighted by atomic mass is 10.3. The fraction of sp³-hybridized carbons (Fsp3) is 0. The average molecular weight is 156 g/mol. The molecular weight excluding hydrogens is 151 g/mol. The molecule has 0 aromatic carbocycles. The van der Waals surface area contributed by atoms with Crippen molar-refractivity contribution in [3.63, 3.8) is 0 Å².